The van der Waals surface area contributed by atoms with Crippen LogP contribution in [-0.4, -0.2) is 48.9 Å². The van der Waals surface area contributed by atoms with Gasteiger partial charge >= 0.3 is 0 Å². The van der Waals surface area contributed by atoms with Gasteiger partial charge in [0.15, 0.2) is 0 Å². The van der Waals surface area contributed by atoms with Crippen LogP contribution in [0.5, 0.6) is 5.75 Å². The van der Waals surface area contributed by atoms with E-state index < -0.39 is 10.0 Å². The molecule has 7 rings (SSSR count). The number of fused-ring (bicyclic) bond motifs is 3. The lowest BCUT2D eigenvalue weighted by molar-refractivity contribution is 0.156. The first-order valence-corrected chi connectivity index (χ1v) is 16.1. The number of sulfonamides is 1. The second-order valence-corrected chi connectivity index (χ2v) is 13.4. The van der Waals surface area contributed by atoms with Crippen molar-refractivity contribution in [3.63, 3.8) is 0 Å². The Kier molecular flexibility index (Phi) is 7.10. The number of hydrogen-bond acceptors (Lipinski definition) is 5. The SMILES string of the molecule is O=S(=O)(c1ccc2c(c1)C1C=CCC1C(c1ccc(O)cc1)N2)N1CCN(C(c2ccccc2)c2ccccc2)CC1. The molecule has 2 aliphatic heterocycles. The van der Waals surface area contributed by atoms with Crippen LogP contribution in [-0.2, 0) is 10.0 Å². The molecule has 1 saturated heterocycles. The Bertz CT molecular complexity index is 1640. The van der Waals surface area contributed by atoms with Gasteiger partial charge in [0.1, 0.15) is 5.75 Å². The van der Waals surface area contributed by atoms with Crippen LogP contribution in [0.3, 0.4) is 0 Å². The number of aromatic hydroxyl groups is 1. The number of benzene rings is 4. The molecule has 1 fully saturated rings. The molecular formula is C35H35N3O3S. The third kappa shape index (κ3) is 4.91. The molecule has 7 heteroatoms. The van der Waals surface area contributed by atoms with Crippen LogP contribution >= 0.6 is 0 Å². The van der Waals surface area contributed by atoms with E-state index in [1.165, 1.54) is 11.1 Å². The van der Waals surface area contributed by atoms with Crippen LogP contribution < -0.4 is 5.32 Å². The molecule has 3 atom stereocenters. The van der Waals surface area contributed by atoms with E-state index in [-0.39, 0.29) is 29.7 Å². The van der Waals surface area contributed by atoms with Crippen LogP contribution in [0.25, 0.3) is 0 Å². The summed E-state index contributed by atoms with van der Waals surface area (Å²) in [5.41, 5.74) is 5.56. The highest BCUT2D eigenvalue weighted by Crippen LogP contribution is 2.50. The second-order valence-electron chi connectivity index (χ2n) is 11.5. The summed E-state index contributed by atoms with van der Waals surface area (Å²) >= 11 is 0. The maximum Gasteiger partial charge on any atom is 0.243 e. The molecule has 214 valence electrons. The summed E-state index contributed by atoms with van der Waals surface area (Å²) in [5.74, 6) is 0.684. The molecule has 6 nitrogen and oxygen atoms in total. The molecule has 3 unspecified atom stereocenters. The van der Waals surface area contributed by atoms with Crippen LogP contribution in [0.1, 0.15) is 46.7 Å². The quantitative estimate of drug-likeness (QED) is 0.263. The van der Waals surface area contributed by atoms with Gasteiger partial charge < -0.3 is 10.4 Å². The van der Waals surface area contributed by atoms with Crippen molar-refractivity contribution >= 4 is 15.7 Å². The maximum atomic E-state index is 13.9. The lowest BCUT2D eigenvalue weighted by Gasteiger charge is -2.40. The number of nitrogens with zero attached hydrogens (tertiary/aromatic N) is 2. The van der Waals surface area contributed by atoms with Crippen molar-refractivity contribution in [1.29, 1.82) is 0 Å². The third-order valence-electron chi connectivity index (χ3n) is 9.09. The average molecular weight is 578 g/mol. The van der Waals surface area contributed by atoms with Gasteiger partial charge in [-0.2, -0.15) is 4.31 Å². The molecule has 0 radical (unpaired) electrons. The molecule has 2 heterocycles. The summed E-state index contributed by atoms with van der Waals surface area (Å²) in [6.07, 6.45) is 5.35. The summed E-state index contributed by atoms with van der Waals surface area (Å²) in [4.78, 5) is 2.76. The monoisotopic (exact) mass is 577 g/mol. The van der Waals surface area contributed by atoms with Gasteiger partial charge in [0.2, 0.25) is 10.0 Å². The van der Waals surface area contributed by atoms with Gasteiger partial charge in [-0.05, 0) is 64.9 Å². The molecule has 0 spiro atoms. The smallest absolute Gasteiger partial charge is 0.243 e. The lowest BCUT2D eigenvalue weighted by Crippen LogP contribution is -2.49. The van der Waals surface area contributed by atoms with Gasteiger partial charge in [-0.1, -0.05) is 84.9 Å². The van der Waals surface area contributed by atoms with Gasteiger partial charge in [0, 0.05) is 37.8 Å². The largest absolute Gasteiger partial charge is 0.508 e. The van der Waals surface area contributed by atoms with Crippen molar-refractivity contribution in [3.8, 4) is 5.75 Å². The zero-order valence-corrected chi connectivity index (χ0v) is 24.2. The highest BCUT2D eigenvalue weighted by Gasteiger charge is 2.39. The second kappa shape index (κ2) is 11.1. The number of piperazine rings is 1. The Hall–Kier alpha value is -3.91. The van der Waals surface area contributed by atoms with Crippen molar-refractivity contribution in [3.05, 3.63) is 138 Å². The minimum atomic E-state index is -3.65. The predicted molar refractivity (Wildman–Crippen MR) is 166 cm³/mol. The van der Waals surface area contributed by atoms with Crippen LogP contribution in [0.15, 0.2) is 120 Å². The standard InChI is InChI=1S/C35H35N3O3S/c39-28-16-14-25(15-17-28)34-31-13-7-12-30(31)32-24-29(18-19-33(32)36-34)42(40,41)38-22-20-37(21-23-38)35(26-8-3-1-4-9-26)27-10-5-2-6-11-27/h1-12,14-19,24,30-31,34-36,39H,13,20-23H2. The molecule has 0 bridgehead atoms. The van der Waals surface area contributed by atoms with Gasteiger partial charge in [-0.3, -0.25) is 4.90 Å². The van der Waals surface area contributed by atoms with Crippen molar-refractivity contribution in [2.75, 3.05) is 31.5 Å². The Labute approximate surface area is 248 Å². The molecule has 0 aromatic heterocycles. The van der Waals surface area contributed by atoms with Gasteiger partial charge in [0.05, 0.1) is 17.0 Å². The van der Waals surface area contributed by atoms with E-state index in [9.17, 15) is 13.5 Å². The van der Waals surface area contributed by atoms with Crippen molar-refractivity contribution in [2.45, 2.75) is 29.3 Å². The molecule has 42 heavy (non-hydrogen) atoms. The Morgan fingerprint density at radius 1 is 0.786 bits per heavy atom. The zero-order chi connectivity index (χ0) is 28.7. The number of anilines is 1. The van der Waals surface area contributed by atoms with E-state index in [1.54, 1.807) is 22.5 Å². The first kappa shape index (κ1) is 27.0. The van der Waals surface area contributed by atoms with Crippen LogP contribution in [0.4, 0.5) is 5.69 Å². The van der Waals surface area contributed by atoms with Crippen LogP contribution in [0, 0.1) is 5.92 Å². The van der Waals surface area contributed by atoms with Crippen molar-refractivity contribution < 1.29 is 13.5 Å². The summed E-state index contributed by atoms with van der Waals surface area (Å²) in [7, 11) is -3.65. The molecule has 4 aromatic carbocycles. The minimum Gasteiger partial charge on any atom is -0.508 e. The Balaban J connectivity index is 1.12. The summed E-state index contributed by atoms with van der Waals surface area (Å²) in [5, 5.41) is 13.4. The third-order valence-corrected chi connectivity index (χ3v) is 11.0. The Morgan fingerprint density at radius 2 is 1.43 bits per heavy atom. The van der Waals surface area contributed by atoms with Crippen LogP contribution in [0.2, 0.25) is 0 Å². The maximum absolute atomic E-state index is 13.9. The minimum absolute atomic E-state index is 0.0830. The van der Waals surface area contributed by atoms with E-state index in [2.05, 4.69) is 70.9 Å². The fraction of sp³-hybridized carbons (Fsp3) is 0.257. The summed E-state index contributed by atoms with van der Waals surface area (Å²) in [6.45, 7) is 2.20. The molecule has 3 aliphatic rings. The summed E-state index contributed by atoms with van der Waals surface area (Å²) < 4.78 is 29.5. The van der Waals surface area contributed by atoms with Crippen molar-refractivity contribution in [2.24, 2.45) is 5.92 Å². The number of allylic oxidation sites excluding steroid dienone is 2. The first-order valence-electron chi connectivity index (χ1n) is 14.7. The summed E-state index contributed by atoms with van der Waals surface area (Å²) in [6, 6.07) is 34.0. The topological polar surface area (TPSA) is 72.9 Å². The number of nitrogens with one attached hydrogen (secondary N) is 1. The van der Waals surface area contributed by atoms with E-state index in [1.807, 2.05) is 36.4 Å². The molecule has 0 saturated carbocycles. The molecule has 2 N–H and O–H groups in total. The fourth-order valence-electron chi connectivity index (χ4n) is 6.98. The number of hydrogen-bond donors (Lipinski definition) is 2. The van der Waals surface area contributed by atoms with E-state index >= 15 is 0 Å². The Morgan fingerprint density at radius 3 is 2.07 bits per heavy atom. The predicted octanol–water partition coefficient (Wildman–Crippen LogP) is 6.31. The van der Waals surface area contributed by atoms with Gasteiger partial charge in [-0.25, -0.2) is 8.42 Å². The van der Waals surface area contributed by atoms with Crippen molar-refractivity contribution in [1.82, 2.24) is 9.21 Å². The molecule has 4 aromatic rings. The molecule has 1 aliphatic carbocycles. The molecule has 0 amide bonds. The van der Waals surface area contributed by atoms with Gasteiger partial charge in [0.25, 0.3) is 0 Å². The van der Waals surface area contributed by atoms with E-state index in [4.69, 9.17) is 0 Å². The highest BCUT2D eigenvalue weighted by atomic mass is 32.2. The zero-order valence-electron chi connectivity index (χ0n) is 23.4. The number of phenolic OH excluding ortho intramolecular Hbond substituents is 1. The normalized spacial score (nSPS) is 22.5. The number of rotatable bonds is 6. The fourth-order valence-corrected chi connectivity index (χ4v) is 8.44. The van der Waals surface area contributed by atoms with E-state index in [0.717, 1.165) is 23.2 Å². The highest BCUT2D eigenvalue weighted by molar-refractivity contribution is 7.89. The van der Waals surface area contributed by atoms with Gasteiger partial charge in [-0.15, -0.1) is 0 Å². The average Bonchev–Trinajstić information content (AvgIpc) is 3.53. The number of phenols is 1. The lowest BCUT2D eigenvalue weighted by atomic mass is 9.77. The van der Waals surface area contributed by atoms with E-state index in [0.29, 0.717) is 31.1 Å². The first-order chi connectivity index (χ1) is 20.5. The molecular weight excluding hydrogens is 542 g/mol.